The highest BCUT2D eigenvalue weighted by atomic mass is 32.1. The lowest BCUT2D eigenvalue weighted by molar-refractivity contribution is 1.30. The topological polar surface area (TPSA) is 37.3 Å². The van der Waals surface area contributed by atoms with Gasteiger partial charge in [-0.25, -0.2) is 4.98 Å². The lowest BCUT2D eigenvalue weighted by Gasteiger charge is -2.00. The molecule has 2 aromatic carbocycles. The number of nitrogens with zero attached hydrogens (tertiary/aromatic N) is 2. The van der Waals surface area contributed by atoms with Gasteiger partial charge in [0.1, 0.15) is 0 Å². The van der Waals surface area contributed by atoms with Crippen LogP contribution >= 0.6 is 11.3 Å². The molecule has 0 aliphatic heterocycles. The summed E-state index contributed by atoms with van der Waals surface area (Å²) in [6.45, 7) is 4.18. The van der Waals surface area contributed by atoms with Crippen LogP contribution in [0.1, 0.15) is 16.7 Å². The molecule has 3 nitrogen and oxygen atoms in total. The van der Waals surface area contributed by atoms with Crippen molar-refractivity contribution < 1.29 is 0 Å². The minimum absolute atomic E-state index is 0.812. The van der Waals surface area contributed by atoms with Crippen LogP contribution in [0.3, 0.4) is 0 Å². The summed E-state index contributed by atoms with van der Waals surface area (Å²) < 4.78 is 1.16. The third-order valence-electron chi connectivity index (χ3n) is 3.08. The molecule has 0 spiro atoms. The zero-order valence-electron chi connectivity index (χ0n) is 11.4. The number of para-hydroxylation sites is 1. The summed E-state index contributed by atoms with van der Waals surface area (Å²) in [5.41, 5.74) is 7.60. The van der Waals surface area contributed by atoms with E-state index in [0.29, 0.717) is 0 Å². The van der Waals surface area contributed by atoms with Crippen LogP contribution in [0.2, 0.25) is 0 Å². The largest absolute Gasteiger partial charge is 0.253 e. The van der Waals surface area contributed by atoms with E-state index in [0.717, 1.165) is 20.9 Å². The van der Waals surface area contributed by atoms with Crippen molar-refractivity contribution in [3.05, 3.63) is 59.2 Å². The lowest BCUT2D eigenvalue weighted by Crippen LogP contribution is -1.92. The van der Waals surface area contributed by atoms with Crippen LogP contribution in [-0.2, 0) is 0 Å². The van der Waals surface area contributed by atoms with Gasteiger partial charge in [-0.3, -0.25) is 5.43 Å². The van der Waals surface area contributed by atoms with Gasteiger partial charge in [0, 0.05) is 0 Å². The van der Waals surface area contributed by atoms with E-state index in [1.165, 1.54) is 11.1 Å². The standard InChI is InChI=1S/C16H15N3S/c1-11-7-8-13(12(2)9-11)10-17-19-16-18-14-5-3-4-6-15(14)20-16/h3-10H,1-2H3,(H,18,19)/b17-10-. The first-order chi connectivity index (χ1) is 9.72. The van der Waals surface area contributed by atoms with Crippen LogP contribution in [0.25, 0.3) is 10.2 Å². The number of anilines is 1. The van der Waals surface area contributed by atoms with Crippen molar-refractivity contribution >= 4 is 32.9 Å². The number of aryl methyl sites for hydroxylation is 2. The SMILES string of the molecule is Cc1ccc(/C=N\Nc2nc3ccccc3s2)c(C)c1. The minimum Gasteiger partial charge on any atom is -0.253 e. The first kappa shape index (κ1) is 12.8. The summed E-state index contributed by atoms with van der Waals surface area (Å²) in [6.07, 6.45) is 1.83. The average molecular weight is 281 g/mol. The Morgan fingerprint density at radius 2 is 2.00 bits per heavy atom. The maximum Gasteiger partial charge on any atom is 0.204 e. The molecule has 0 saturated heterocycles. The normalized spacial score (nSPS) is 11.3. The summed E-state index contributed by atoms with van der Waals surface area (Å²) in [5.74, 6) is 0. The number of thiazole rings is 1. The molecule has 20 heavy (non-hydrogen) atoms. The molecule has 0 unspecified atom stereocenters. The van der Waals surface area contributed by atoms with Crippen LogP contribution in [0.4, 0.5) is 5.13 Å². The van der Waals surface area contributed by atoms with Gasteiger partial charge in [0.2, 0.25) is 5.13 Å². The zero-order valence-corrected chi connectivity index (χ0v) is 12.2. The molecule has 1 aromatic heterocycles. The summed E-state index contributed by atoms with van der Waals surface area (Å²) in [7, 11) is 0. The van der Waals surface area contributed by atoms with Gasteiger partial charge in [-0.05, 0) is 37.1 Å². The fraction of sp³-hybridized carbons (Fsp3) is 0.125. The van der Waals surface area contributed by atoms with Gasteiger partial charge >= 0.3 is 0 Å². The van der Waals surface area contributed by atoms with Crippen molar-refractivity contribution in [3.8, 4) is 0 Å². The Morgan fingerprint density at radius 3 is 2.80 bits per heavy atom. The highest BCUT2D eigenvalue weighted by molar-refractivity contribution is 7.22. The van der Waals surface area contributed by atoms with Crippen LogP contribution in [-0.4, -0.2) is 11.2 Å². The zero-order chi connectivity index (χ0) is 13.9. The Balaban J connectivity index is 1.76. The van der Waals surface area contributed by atoms with Crippen LogP contribution in [0.5, 0.6) is 0 Å². The second-order valence-electron chi connectivity index (χ2n) is 4.72. The van der Waals surface area contributed by atoms with Gasteiger partial charge in [-0.1, -0.05) is 47.2 Å². The Hall–Kier alpha value is -2.20. The average Bonchev–Trinajstić information content (AvgIpc) is 2.84. The van der Waals surface area contributed by atoms with Crippen LogP contribution in [0, 0.1) is 13.8 Å². The minimum atomic E-state index is 0.812. The van der Waals surface area contributed by atoms with Crippen molar-refractivity contribution in [2.75, 3.05) is 5.43 Å². The summed E-state index contributed by atoms with van der Waals surface area (Å²) in [6, 6.07) is 14.4. The van der Waals surface area contributed by atoms with Gasteiger partial charge < -0.3 is 0 Å². The molecule has 0 amide bonds. The van der Waals surface area contributed by atoms with Crippen LogP contribution < -0.4 is 5.43 Å². The Labute approximate surface area is 122 Å². The van der Waals surface area contributed by atoms with E-state index in [4.69, 9.17) is 0 Å². The number of nitrogens with one attached hydrogen (secondary N) is 1. The Kier molecular flexibility index (Phi) is 3.48. The van der Waals surface area contributed by atoms with E-state index in [9.17, 15) is 0 Å². The van der Waals surface area contributed by atoms with E-state index >= 15 is 0 Å². The number of aromatic nitrogens is 1. The molecule has 1 N–H and O–H groups in total. The summed E-state index contributed by atoms with van der Waals surface area (Å²) in [4.78, 5) is 4.47. The molecule has 0 radical (unpaired) electrons. The maximum atomic E-state index is 4.47. The fourth-order valence-electron chi connectivity index (χ4n) is 2.05. The first-order valence-corrected chi connectivity index (χ1v) is 7.26. The van der Waals surface area contributed by atoms with E-state index in [1.807, 2.05) is 24.4 Å². The maximum absolute atomic E-state index is 4.47. The van der Waals surface area contributed by atoms with E-state index in [2.05, 4.69) is 53.6 Å². The molecule has 1 heterocycles. The van der Waals surface area contributed by atoms with Gasteiger partial charge in [-0.2, -0.15) is 5.10 Å². The van der Waals surface area contributed by atoms with Crippen molar-refractivity contribution in [2.45, 2.75) is 13.8 Å². The second-order valence-corrected chi connectivity index (χ2v) is 5.75. The van der Waals surface area contributed by atoms with E-state index in [-0.39, 0.29) is 0 Å². The number of rotatable bonds is 3. The van der Waals surface area contributed by atoms with Gasteiger partial charge in [0.25, 0.3) is 0 Å². The molecule has 3 aromatic rings. The van der Waals surface area contributed by atoms with Crippen LogP contribution in [0.15, 0.2) is 47.6 Å². The van der Waals surface area contributed by atoms with Crippen molar-refractivity contribution in [1.29, 1.82) is 0 Å². The number of hydrogen-bond donors (Lipinski definition) is 1. The lowest BCUT2D eigenvalue weighted by atomic mass is 10.1. The second kappa shape index (κ2) is 5.43. The predicted octanol–water partition coefficient (Wildman–Crippen LogP) is 4.36. The smallest absolute Gasteiger partial charge is 0.204 e. The molecule has 0 atom stereocenters. The van der Waals surface area contributed by atoms with Gasteiger partial charge in [0.15, 0.2) is 0 Å². The van der Waals surface area contributed by atoms with E-state index < -0.39 is 0 Å². The Bertz CT molecular complexity index is 741. The summed E-state index contributed by atoms with van der Waals surface area (Å²) >= 11 is 1.60. The molecule has 0 aliphatic carbocycles. The first-order valence-electron chi connectivity index (χ1n) is 6.44. The third kappa shape index (κ3) is 2.70. The van der Waals surface area contributed by atoms with E-state index in [1.54, 1.807) is 11.3 Å². The molecule has 0 aliphatic rings. The number of hydrazone groups is 1. The Morgan fingerprint density at radius 1 is 1.15 bits per heavy atom. The van der Waals surface area contributed by atoms with Gasteiger partial charge in [0.05, 0.1) is 16.4 Å². The number of fused-ring (bicyclic) bond motifs is 1. The molecule has 0 bridgehead atoms. The quantitative estimate of drug-likeness (QED) is 0.572. The molecular formula is C16H15N3S. The monoisotopic (exact) mass is 281 g/mol. The molecule has 0 fully saturated rings. The highest BCUT2D eigenvalue weighted by Gasteiger charge is 2.01. The number of benzene rings is 2. The predicted molar refractivity (Wildman–Crippen MR) is 86.8 cm³/mol. The molecule has 0 saturated carbocycles. The molecule has 4 heteroatoms. The summed E-state index contributed by atoms with van der Waals surface area (Å²) in [5, 5.41) is 5.08. The van der Waals surface area contributed by atoms with Gasteiger partial charge in [-0.15, -0.1) is 0 Å². The fourth-order valence-corrected chi connectivity index (χ4v) is 2.86. The van der Waals surface area contributed by atoms with Crippen molar-refractivity contribution in [2.24, 2.45) is 5.10 Å². The number of hydrogen-bond acceptors (Lipinski definition) is 4. The third-order valence-corrected chi connectivity index (χ3v) is 4.02. The highest BCUT2D eigenvalue weighted by Crippen LogP contribution is 2.25. The molecular weight excluding hydrogens is 266 g/mol. The molecule has 3 rings (SSSR count). The van der Waals surface area contributed by atoms with Crippen molar-refractivity contribution in [3.63, 3.8) is 0 Å². The van der Waals surface area contributed by atoms with Crippen molar-refractivity contribution in [1.82, 2.24) is 4.98 Å². The molecule has 100 valence electrons.